The van der Waals surface area contributed by atoms with Crippen LogP contribution in [0.3, 0.4) is 0 Å². The third-order valence-corrected chi connectivity index (χ3v) is 14.1. The molecule has 2 aromatic carbocycles. The van der Waals surface area contributed by atoms with E-state index in [1.165, 1.54) is 26.0 Å². The molecule has 1 unspecified atom stereocenters. The molecule has 0 radical (unpaired) electrons. The van der Waals surface area contributed by atoms with Crippen molar-refractivity contribution in [1.29, 1.82) is 5.26 Å². The highest BCUT2D eigenvalue weighted by Gasteiger charge is 2.69. The number of nitrogens with zero attached hydrogens (tertiary/aromatic N) is 3. The average Bonchev–Trinajstić information content (AvgIpc) is 4.03. The number of carbonyl (C=O) groups is 7. The molecule has 4 fully saturated rings. The number of aryl methyl sites for hydroxylation is 1. The molecule has 0 saturated heterocycles. The summed E-state index contributed by atoms with van der Waals surface area (Å²) in [6, 6.07) is 13.1. The summed E-state index contributed by atoms with van der Waals surface area (Å²) in [6.07, 6.45) is 1.27. The van der Waals surface area contributed by atoms with E-state index in [4.69, 9.17) is 5.26 Å². The van der Waals surface area contributed by atoms with Gasteiger partial charge in [0.15, 0.2) is 5.78 Å². The second-order valence-electron chi connectivity index (χ2n) is 19.1. The number of amides is 4. The number of nitriles is 1. The highest BCUT2D eigenvalue weighted by Crippen LogP contribution is 2.66. The van der Waals surface area contributed by atoms with Crippen molar-refractivity contribution in [3.05, 3.63) is 104 Å². The minimum Gasteiger partial charge on any atom is -0.344 e. The first kappa shape index (κ1) is 47.6. The van der Waals surface area contributed by atoms with Crippen molar-refractivity contribution in [2.75, 3.05) is 10.6 Å². The van der Waals surface area contributed by atoms with Crippen LogP contribution in [0.1, 0.15) is 147 Å². The van der Waals surface area contributed by atoms with Gasteiger partial charge in [-0.25, -0.2) is 17.6 Å². The van der Waals surface area contributed by atoms with Gasteiger partial charge in [-0.15, -0.1) is 0 Å². The lowest BCUT2D eigenvalue weighted by atomic mass is 9.40. The Morgan fingerprint density at radius 1 is 0.750 bits per heavy atom. The van der Waals surface area contributed by atoms with Gasteiger partial charge in [0, 0.05) is 60.7 Å². The van der Waals surface area contributed by atoms with Gasteiger partial charge < -0.3 is 30.4 Å². The Balaban J connectivity index is 0.000000185. The molecule has 2 bridgehead atoms. The lowest BCUT2D eigenvalue weighted by Crippen LogP contribution is -2.74. The fourth-order valence-corrected chi connectivity index (χ4v) is 10.9. The van der Waals surface area contributed by atoms with Crippen molar-refractivity contribution >= 4 is 52.4 Å². The van der Waals surface area contributed by atoms with E-state index in [-0.39, 0.29) is 34.2 Å². The molecular formula is C50H51F4N7O7. The Morgan fingerprint density at radius 3 is 1.74 bits per heavy atom. The van der Waals surface area contributed by atoms with Crippen molar-refractivity contribution in [2.45, 2.75) is 135 Å². The number of fused-ring (bicyclic) bond motifs is 2. The molecule has 6 aliphatic rings. The zero-order chi connectivity index (χ0) is 49.2. The van der Waals surface area contributed by atoms with Crippen LogP contribution in [-0.2, 0) is 40.3 Å². The van der Waals surface area contributed by atoms with Crippen LogP contribution < -0.4 is 21.3 Å². The van der Waals surface area contributed by atoms with Crippen LogP contribution in [0.25, 0.3) is 0 Å². The molecule has 4 heterocycles. The van der Waals surface area contributed by atoms with Crippen LogP contribution in [0.2, 0.25) is 0 Å². The van der Waals surface area contributed by atoms with E-state index in [0.29, 0.717) is 96.8 Å². The van der Waals surface area contributed by atoms with Gasteiger partial charge in [0.05, 0.1) is 22.6 Å². The predicted molar refractivity (Wildman–Crippen MR) is 240 cm³/mol. The largest absolute Gasteiger partial charge is 0.344 e. The highest BCUT2D eigenvalue weighted by atomic mass is 19.3. The molecule has 14 nitrogen and oxygen atoms in total. The number of rotatable bonds is 13. The van der Waals surface area contributed by atoms with Gasteiger partial charge in [-0.2, -0.15) is 5.26 Å². The van der Waals surface area contributed by atoms with E-state index < -0.39 is 82.8 Å². The Hall–Kier alpha value is -6.90. The Morgan fingerprint density at radius 2 is 1.26 bits per heavy atom. The van der Waals surface area contributed by atoms with Crippen molar-refractivity contribution in [3.8, 4) is 6.07 Å². The van der Waals surface area contributed by atoms with Gasteiger partial charge >= 0.3 is 0 Å². The third-order valence-electron chi connectivity index (χ3n) is 14.1. The number of hydrogen-bond acceptors (Lipinski definition) is 8. The van der Waals surface area contributed by atoms with E-state index >= 15 is 0 Å². The summed E-state index contributed by atoms with van der Waals surface area (Å²) in [5.41, 5.74) is 1.85. The molecule has 68 heavy (non-hydrogen) atoms. The van der Waals surface area contributed by atoms with E-state index in [0.717, 1.165) is 6.42 Å². The number of halogens is 4. The molecule has 4 aromatic rings. The molecule has 4 N–H and O–H groups in total. The summed E-state index contributed by atoms with van der Waals surface area (Å²) in [5.74, 6) is -8.47. The molecule has 356 valence electrons. The number of alkyl halides is 3. The minimum atomic E-state index is -3.09. The fourth-order valence-electron chi connectivity index (χ4n) is 10.9. The summed E-state index contributed by atoms with van der Waals surface area (Å²) >= 11 is 0. The van der Waals surface area contributed by atoms with Gasteiger partial charge in [-0.1, -0.05) is 25.1 Å². The minimum absolute atomic E-state index is 0.0477. The number of nitrogens with one attached hydrogen (secondary N) is 4. The first-order chi connectivity index (χ1) is 32.1. The van der Waals surface area contributed by atoms with Crippen LogP contribution in [0.5, 0.6) is 0 Å². The second-order valence-corrected chi connectivity index (χ2v) is 19.1. The lowest BCUT2D eigenvalue weighted by Gasteiger charge is -2.66. The van der Waals surface area contributed by atoms with E-state index in [9.17, 15) is 51.1 Å². The maximum absolute atomic E-state index is 13.9. The van der Waals surface area contributed by atoms with Gasteiger partial charge in [-0.05, 0) is 119 Å². The zero-order valence-electron chi connectivity index (χ0n) is 38.3. The van der Waals surface area contributed by atoms with Crippen LogP contribution in [0.4, 0.5) is 28.9 Å². The number of benzene rings is 2. The number of anilines is 2. The first-order valence-electron chi connectivity index (χ1n) is 22.7. The molecule has 2 aliphatic heterocycles. The predicted octanol–water partition coefficient (Wildman–Crippen LogP) is 7.66. The maximum Gasteiger partial charge on any atom is 0.293 e. The number of Topliss-reactive ketones (excluding diaryl/α,β-unsaturated/α-hetero) is 3. The van der Waals surface area contributed by atoms with Crippen molar-refractivity contribution in [1.82, 2.24) is 19.8 Å². The van der Waals surface area contributed by atoms with E-state index in [1.807, 2.05) is 0 Å². The standard InChI is InChI=1S/C26H28F3N3O4.C24H23FN4O3/c1-4-19(33)25(12-26(28,29)13-25)31-24(36)22(34)20-14(2)21(32-10-6-9-18(20)32)23(35)30-17-8-5-7-16(11-17)15(3)27;1-13-5-6-15(8-16(13)25)27-21(31)19-14(2)18(17-4-3-7-29(17)19)20(30)22(32)28-24-9-23(10-24,11-24)12-26/h5,7-8,11,15H,4,6,9-10,12-13H2,1-3H3,(H,30,35)(H,31,36);5-6,8H,3-4,7,9-11H2,1-2H3,(H,27,31)(H,28,32). The molecule has 1 atom stereocenters. The van der Waals surface area contributed by atoms with Crippen LogP contribution >= 0.6 is 0 Å². The van der Waals surface area contributed by atoms with Crippen molar-refractivity contribution < 1.29 is 51.1 Å². The van der Waals surface area contributed by atoms with Gasteiger partial charge in [0.2, 0.25) is 0 Å². The van der Waals surface area contributed by atoms with Crippen LogP contribution in [0.15, 0.2) is 42.5 Å². The topological polar surface area (TPSA) is 201 Å². The monoisotopic (exact) mass is 937 g/mol. The Labute approximate surface area is 389 Å². The van der Waals surface area contributed by atoms with Gasteiger partial charge in [0.1, 0.15) is 28.9 Å². The quantitative estimate of drug-likeness (QED) is 0.0595. The summed E-state index contributed by atoms with van der Waals surface area (Å²) in [6.45, 7) is 8.78. The molecule has 18 heteroatoms. The third kappa shape index (κ3) is 8.29. The van der Waals surface area contributed by atoms with Crippen molar-refractivity contribution in [3.63, 3.8) is 0 Å². The normalized spacial score (nSPS) is 21.1. The van der Waals surface area contributed by atoms with Crippen LogP contribution in [-0.4, -0.2) is 67.1 Å². The number of aromatic nitrogens is 2. The van der Waals surface area contributed by atoms with Gasteiger partial charge in [0.25, 0.3) is 41.1 Å². The number of ketones is 3. The average molecular weight is 938 g/mol. The first-order valence-corrected chi connectivity index (χ1v) is 22.7. The second kappa shape index (κ2) is 17.3. The van der Waals surface area contributed by atoms with E-state index in [2.05, 4.69) is 27.3 Å². The molecule has 4 amide bonds. The molecule has 0 spiro atoms. The molecule has 4 aliphatic carbocycles. The summed E-state index contributed by atoms with van der Waals surface area (Å²) < 4.78 is 58.3. The molecule has 10 rings (SSSR count). The number of carbonyl (C=O) groups excluding carboxylic acids is 7. The SMILES string of the molecule is CCC(=O)C1(NC(=O)C(=O)c2c(C)c(C(=O)Nc3cccc(C(C)F)c3)n3c2CCC3)CC(F)(F)C1.Cc1ccc(NC(=O)c2c(C)c(C(=O)C(=O)NC34CC(C#N)(C3)C4)c3n2CCC3)cc1F. The van der Waals surface area contributed by atoms with Crippen LogP contribution in [0, 0.1) is 43.3 Å². The Bertz CT molecular complexity index is 2880. The number of hydrogen-bond donors (Lipinski definition) is 4. The molecule has 2 aromatic heterocycles. The summed E-state index contributed by atoms with van der Waals surface area (Å²) in [5, 5.41) is 19.7. The zero-order valence-corrected chi connectivity index (χ0v) is 38.3. The smallest absolute Gasteiger partial charge is 0.293 e. The Kier molecular flexibility index (Phi) is 12.1. The summed E-state index contributed by atoms with van der Waals surface area (Å²) in [4.78, 5) is 90.6. The maximum atomic E-state index is 13.9. The molecule has 4 saturated carbocycles. The van der Waals surface area contributed by atoms with Crippen molar-refractivity contribution in [2.24, 2.45) is 5.41 Å². The van der Waals surface area contributed by atoms with Gasteiger partial charge in [-0.3, -0.25) is 33.6 Å². The highest BCUT2D eigenvalue weighted by molar-refractivity contribution is 6.44. The summed E-state index contributed by atoms with van der Waals surface area (Å²) in [7, 11) is 0. The van der Waals surface area contributed by atoms with E-state index in [1.54, 1.807) is 60.2 Å². The fraction of sp³-hybridized carbons (Fsp3) is 0.440. The lowest BCUT2D eigenvalue weighted by molar-refractivity contribution is -0.163. The molecular weight excluding hydrogens is 887 g/mol.